The maximum atomic E-state index is 11.3. The Morgan fingerprint density at radius 1 is 1.21 bits per heavy atom. The van der Waals surface area contributed by atoms with Crippen LogP contribution in [0.2, 0.25) is 0 Å². The number of anilines is 1. The zero-order chi connectivity index (χ0) is 17.5. The van der Waals surface area contributed by atoms with Crippen LogP contribution in [0.1, 0.15) is 12.5 Å². The summed E-state index contributed by atoms with van der Waals surface area (Å²) in [4.78, 5) is 11.3. The Morgan fingerprint density at radius 3 is 2.62 bits per heavy atom. The van der Waals surface area contributed by atoms with Crippen molar-refractivity contribution in [2.75, 3.05) is 12.3 Å². The summed E-state index contributed by atoms with van der Waals surface area (Å²) >= 11 is 0. The van der Waals surface area contributed by atoms with Crippen molar-refractivity contribution in [3.63, 3.8) is 0 Å². The van der Waals surface area contributed by atoms with E-state index >= 15 is 0 Å². The number of nitrogen functional groups attached to an aromatic ring is 1. The number of esters is 1. The number of phenolic OH excluding ortho intramolecular Hbond substituents is 1. The number of hydrogen-bond donors (Lipinski definition) is 2. The van der Waals surface area contributed by atoms with Crippen LogP contribution in [0.25, 0.3) is 0 Å². The lowest BCUT2D eigenvalue weighted by atomic mass is 10.1. The maximum Gasteiger partial charge on any atom is 0.333 e. The molecule has 0 radical (unpaired) electrons. The van der Waals surface area contributed by atoms with E-state index in [0.29, 0.717) is 29.1 Å². The number of nitrogens with two attached hydrogens (primary N) is 1. The van der Waals surface area contributed by atoms with Gasteiger partial charge in [0.25, 0.3) is 0 Å². The first-order chi connectivity index (χ1) is 11.5. The third-order valence-corrected chi connectivity index (χ3v) is 3.21. The van der Waals surface area contributed by atoms with E-state index in [1.807, 2.05) is 0 Å². The molecule has 0 fully saturated rings. The quantitative estimate of drug-likeness (QED) is 0.362. The molecule has 0 saturated carbocycles. The lowest BCUT2D eigenvalue weighted by Gasteiger charge is -2.06. The van der Waals surface area contributed by atoms with Crippen molar-refractivity contribution in [3.05, 3.63) is 60.2 Å². The van der Waals surface area contributed by atoms with Crippen molar-refractivity contribution in [1.29, 1.82) is 0 Å². The molecule has 0 aliphatic heterocycles. The minimum atomic E-state index is -0.423. The molecule has 0 heterocycles. The van der Waals surface area contributed by atoms with Gasteiger partial charge in [0.1, 0.15) is 17.1 Å². The van der Waals surface area contributed by atoms with E-state index in [4.69, 9.17) is 10.5 Å². The van der Waals surface area contributed by atoms with E-state index in [2.05, 4.69) is 16.8 Å². The number of phenols is 1. The summed E-state index contributed by atoms with van der Waals surface area (Å²) in [5.41, 5.74) is 8.37. The molecule has 0 spiro atoms. The second-order valence-corrected chi connectivity index (χ2v) is 5.25. The standard InChI is InChI=1S/C18H19N3O3/c1-12(2)18(23)24-10-9-13-7-8-17(22)16(11-13)21-20-15-6-4-3-5-14(15)19/h3-8,11,22H,1,9-10,19H2,2H3. The fraction of sp³-hybridized carbons (Fsp3) is 0.167. The average Bonchev–Trinajstić information content (AvgIpc) is 2.56. The predicted octanol–water partition coefficient (Wildman–Crippen LogP) is 4.05. The third-order valence-electron chi connectivity index (χ3n) is 3.21. The number of carbonyl (C=O) groups is 1. The Hall–Kier alpha value is -3.15. The number of hydrogen-bond acceptors (Lipinski definition) is 6. The van der Waals surface area contributed by atoms with Crippen LogP contribution in [-0.4, -0.2) is 17.7 Å². The minimum absolute atomic E-state index is 0.0101. The van der Waals surface area contributed by atoms with Gasteiger partial charge in [0.05, 0.1) is 12.3 Å². The molecule has 2 rings (SSSR count). The molecule has 6 heteroatoms. The van der Waals surface area contributed by atoms with Crippen molar-refractivity contribution in [2.24, 2.45) is 10.2 Å². The predicted molar refractivity (Wildman–Crippen MR) is 92.6 cm³/mol. The SMILES string of the molecule is C=C(C)C(=O)OCCc1ccc(O)c(N=Nc2ccccc2N)c1. The van der Waals surface area contributed by atoms with Gasteiger partial charge < -0.3 is 15.6 Å². The Kier molecular flexibility index (Phi) is 5.68. The largest absolute Gasteiger partial charge is 0.506 e. The molecule has 124 valence electrons. The Bertz CT molecular complexity index is 785. The molecule has 0 bridgehead atoms. The Labute approximate surface area is 140 Å². The van der Waals surface area contributed by atoms with Gasteiger partial charge in [0.2, 0.25) is 0 Å². The number of nitrogens with zero attached hydrogens (tertiary/aromatic N) is 2. The molecular weight excluding hydrogens is 306 g/mol. The topological polar surface area (TPSA) is 97.3 Å². The summed E-state index contributed by atoms with van der Waals surface area (Å²) < 4.78 is 5.05. The molecule has 0 aliphatic carbocycles. The molecule has 0 atom stereocenters. The molecule has 6 nitrogen and oxygen atoms in total. The van der Waals surface area contributed by atoms with Gasteiger partial charge in [0.15, 0.2) is 0 Å². The van der Waals surface area contributed by atoms with E-state index in [0.717, 1.165) is 5.56 Å². The summed E-state index contributed by atoms with van der Waals surface area (Å²) in [6, 6.07) is 12.0. The molecule has 24 heavy (non-hydrogen) atoms. The molecule has 3 N–H and O–H groups in total. The Morgan fingerprint density at radius 2 is 1.92 bits per heavy atom. The first-order valence-electron chi connectivity index (χ1n) is 7.38. The van der Waals surface area contributed by atoms with Crippen molar-refractivity contribution in [1.82, 2.24) is 0 Å². The van der Waals surface area contributed by atoms with E-state index in [1.54, 1.807) is 43.3 Å². The molecule has 0 amide bonds. The molecular formula is C18H19N3O3. The summed E-state index contributed by atoms with van der Waals surface area (Å²) in [5.74, 6) is -0.413. The van der Waals surface area contributed by atoms with Gasteiger partial charge in [-0.05, 0) is 36.8 Å². The highest BCUT2D eigenvalue weighted by Gasteiger charge is 2.06. The molecule has 0 saturated heterocycles. The monoisotopic (exact) mass is 325 g/mol. The normalized spacial score (nSPS) is 10.7. The van der Waals surface area contributed by atoms with E-state index < -0.39 is 5.97 Å². The average molecular weight is 325 g/mol. The van der Waals surface area contributed by atoms with Crippen LogP contribution < -0.4 is 5.73 Å². The summed E-state index contributed by atoms with van der Waals surface area (Å²) in [6.07, 6.45) is 0.495. The number of rotatable bonds is 6. The zero-order valence-corrected chi connectivity index (χ0v) is 13.4. The maximum absolute atomic E-state index is 11.3. The summed E-state index contributed by atoms with van der Waals surface area (Å²) in [7, 11) is 0. The van der Waals surface area contributed by atoms with Crippen LogP contribution in [0.5, 0.6) is 5.75 Å². The van der Waals surface area contributed by atoms with Gasteiger partial charge in [-0.3, -0.25) is 0 Å². The van der Waals surface area contributed by atoms with E-state index in [-0.39, 0.29) is 12.4 Å². The number of aromatic hydroxyl groups is 1. The first kappa shape index (κ1) is 17.2. The Balaban J connectivity index is 2.07. The molecule has 0 unspecified atom stereocenters. The molecule has 2 aromatic carbocycles. The van der Waals surface area contributed by atoms with Crippen LogP contribution in [0.3, 0.4) is 0 Å². The number of benzene rings is 2. The van der Waals surface area contributed by atoms with Gasteiger partial charge in [-0.15, -0.1) is 10.2 Å². The second kappa shape index (κ2) is 7.92. The fourth-order valence-corrected chi connectivity index (χ4v) is 1.88. The summed E-state index contributed by atoms with van der Waals surface area (Å²) in [5, 5.41) is 18.0. The second-order valence-electron chi connectivity index (χ2n) is 5.25. The van der Waals surface area contributed by atoms with Crippen LogP contribution >= 0.6 is 0 Å². The van der Waals surface area contributed by atoms with Crippen molar-refractivity contribution in [3.8, 4) is 5.75 Å². The molecule has 2 aromatic rings. The van der Waals surface area contributed by atoms with Crippen LogP contribution in [0.15, 0.2) is 64.8 Å². The van der Waals surface area contributed by atoms with E-state index in [1.165, 1.54) is 6.07 Å². The fourth-order valence-electron chi connectivity index (χ4n) is 1.88. The number of para-hydroxylation sites is 1. The number of carbonyl (C=O) groups excluding carboxylic acids is 1. The van der Waals surface area contributed by atoms with Gasteiger partial charge in [-0.2, -0.15) is 0 Å². The van der Waals surface area contributed by atoms with Gasteiger partial charge >= 0.3 is 5.97 Å². The highest BCUT2D eigenvalue weighted by Crippen LogP contribution is 2.30. The van der Waals surface area contributed by atoms with Crippen molar-refractivity contribution < 1.29 is 14.6 Å². The molecule has 0 aliphatic rings. The van der Waals surface area contributed by atoms with Crippen molar-refractivity contribution >= 4 is 23.0 Å². The highest BCUT2D eigenvalue weighted by molar-refractivity contribution is 5.86. The number of azo groups is 1. The van der Waals surface area contributed by atoms with E-state index in [9.17, 15) is 9.90 Å². The summed E-state index contributed by atoms with van der Waals surface area (Å²) in [6.45, 7) is 5.34. The lowest BCUT2D eigenvalue weighted by Crippen LogP contribution is -2.07. The van der Waals surface area contributed by atoms with Crippen LogP contribution in [-0.2, 0) is 16.0 Å². The lowest BCUT2D eigenvalue weighted by molar-refractivity contribution is -0.138. The minimum Gasteiger partial charge on any atom is -0.506 e. The van der Waals surface area contributed by atoms with Crippen LogP contribution in [0.4, 0.5) is 17.1 Å². The van der Waals surface area contributed by atoms with Crippen molar-refractivity contribution in [2.45, 2.75) is 13.3 Å². The molecule has 0 aromatic heterocycles. The highest BCUT2D eigenvalue weighted by atomic mass is 16.5. The smallest absolute Gasteiger partial charge is 0.333 e. The number of ether oxygens (including phenoxy) is 1. The van der Waals surface area contributed by atoms with Gasteiger partial charge in [-0.1, -0.05) is 24.8 Å². The van der Waals surface area contributed by atoms with Gasteiger partial charge in [-0.25, -0.2) is 4.79 Å². The van der Waals surface area contributed by atoms with Crippen LogP contribution in [0, 0.1) is 0 Å². The first-order valence-corrected chi connectivity index (χ1v) is 7.38. The third kappa shape index (κ3) is 4.67. The zero-order valence-electron chi connectivity index (χ0n) is 13.4. The van der Waals surface area contributed by atoms with Gasteiger partial charge in [0, 0.05) is 12.0 Å².